The number of carbonyl (C=O) groups is 1. The van der Waals surface area contributed by atoms with Gasteiger partial charge in [0, 0.05) is 25.7 Å². The predicted molar refractivity (Wildman–Crippen MR) is 101 cm³/mol. The van der Waals surface area contributed by atoms with Crippen LogP contribution in [-0.4, -0.2) is 55.0 Å². The molecule has 1 unspecified atom stereocenters. The Morgan fingerprint density at radius 3 is 2.42 bits per heavy atom. The molecule has 6 nitrogen and oxygen atoms in total. The molecule has 7 heteroatoms. The first-order valence-corrected chi connectivity index (χ1v) is 11.3. The molecule has 3 rings (SSSR count). The summed E-state index contributed by atoms with van der Waals surface area (Å²) in [7, 11) is -3.11. The first-order chi connectivity index (χ1) is 12.3. The highest BCUT2D eigenvalue weighted by atomic mass is 32.2. The molecule has 2 fully saturated rings. The van der Waals surface area contributed by atoms with Crippen LogP contribution in [0.25, 0.3) is 0 Å². The number of furan rings is 1. The summed E-state index contributed by atoms with van der Waals surface area (Å²) >= 11 is 0. The summed E-state index contributed by atoms with van der Waals surface area (Å²) in [6.45, 7) is 7.42. The summed E-state index contributed by atoms with van der Waals surface area (Å²) < 4.78 is 31.4. The fraction of sp³-hybridized carbons (Fsp3) is 0.737. The maximum absolute atomic E-state index is 13.0. The zero-order valence-electron chi connectivity index (χ0n) is 16.0. The zero-order valence-corrected chi connectivity index (χ0v) is 16.8. The quantitative estimate of drug-likeness (QED) is 0.803. The molecule has 1 aromatic rings. The molecule has 0 aliphatic carbocycles. The lowest BCUT2D eigenvalue weighted by molar-refractivity contribution is 0.0418. The van der Waals surface area contributed by atoms with Crippen LogP contribution in [0.4, 0.5) is 0 Å². The van der Waals surface area contributed by atoms with Crippen LogP contribution >= 0.6 is 0 Å². The number of hydrogen-bond acceptors (Lipinski definition) is 4. The second-order valence-corrected chi connectivity index (χ2v) is 9.81. The lowest BCUT2D eigenvalue weighted by Crippen LogP contribution is -2.51. The molecule has 0 saturated carbocycles. The van der Waals surface area contributed by atoms with E-state index < -0.39 is 10.0 Å². The third-order valence-corrected chi connectivity index (χ3v) is 7.87. The molecule has 1 aromatic heterocycles. The zero-order chi connectivity index (χ0) is 18.9. The summed E-state index contributed by atoms with van der Waals surface area (Å²) in [5, 5.41) is 0. The van der Waals surface area contributed by atoms with Crippen LogP contribution < -0.4 is 0 Å². The van der Waals surface area contributed by atoms with Crippen LogP contribution in [-0.2, 0) is 10.0 Å². The van der Waals surface area contributed by atoms with Gasteiger partial charge in [-0.25, -0.2) is 12.7 Å². The molecular formula is C19H30N2O4S. The fourth-order valence-corrected chi connectivity index (χ4v) is 5.37. The van der Waals surface area contributed by atoms with Crippen LogP contribution in [0.5, 0.6) is 0 Å². The van der Waals surface area contributed by atoms with Gasteiger partial charge < -0.3 is 9.32 Å². The van der Waals surface area contributed by atoms with Gasteiger partial charge in [0.2, 0.25) is 10.0 Å². The minimum Gasteiger partial charge on any atom is -0.456 e. The van der Waals surface area contributed by atoms with Gasteiger partial charge in [0.25, 0.3) is 5.91 Å². The summed E-state index contributed by atoms with van der Waals surface area (Å²) in [4.78, 5) is 15.0. The van der Waals surface area contributed by atoms with E-state index in [1.807, 2.05) is 24.8 Å². The maximum Gasteiger partial charge on any atom is 0.289 e. The van der Waals surface area contributed by atoms with Crippen molar-refractivity contribution in [1.29, 1.82) is 0 Å². The molecule has 26 heavy (non-hydrogen) atoms. The van der Waals surface area contributed by atoms with Gasteiger partial charge in [-0.3, -0.25) is 4.79 Å². The number of hydrogen-bond donors (Lipinski definition) is 0. The topological polar surface area (TPSA) is 70.8 Å². The van der Waals surface area contributed by atoms with E-state index in [-0.39, 0.29) is 17.7 Å². The summed E-state index contributed by atoms with van der Waals surface area (Å²) in [5.41, 5.74) is 1.000. The van der Waals surface area contributed by atoms with Crippen molar-refractivity contribution in [2.75, 3.05) is 25.4 Å². The molecule has 2 aliphatic heterocycles. The molecule has 2 aliphatic rings. The number of nitrogens with zero attached hydrogens (tertiary/aromatic N) is 2. The molecule has 1 amide bonds. The number of carbonyl (C=O) groups excluding carboxylic acids is 1. The third-order valence-electron chi connectivity index (χ3n) is 5.99. The van der Waals surface area contributed by atoms with E-state index >= 15 is 0 Å². The van der Waals surface area contributed by atoms with E-state index in [1.54, 1.807) is 11.2 Å². The number of sulfonamides is 1. The average molecular weight is 383 g/mol. The van der Waals surface area contributed by atoms with Crippen molar-refractivity contribution in [3.8, 4) is 0 Å². The van der Waals surface area contributed by atoms with E-state index in [9.17, 15) is 13.2 Å². The Bertz CT molecular complexity index is 728. The van der Waals surface area contributed by atoms with Crippen molar-refractivity contribution in [3.63, 3.8) is 0 Å². The fourth-order valence-electron chi connectivity index (χ4n) is 4.24. The Labute approximate surface area is 156 Å². The van der Waals surface area contributed by atoms with Crippen LogP contribution in [0.2, 0.25) is 0 Å². The summed E-state index contributed by atoms with van der Waals surface area (Å²) in [5.74, 6) is 1.72. The highest BCUT2D eigenvalue weighted by Crippen LogP contribution is 2.32. The van der Waals surface area contributed by atoms with Gasteiger partial charge in [-0.15, -0.1) is 0 Å². The molecule has 0 N–H and O–H groups in total. The maximum atomic E-state index is 13.0. The molecule has 0 aromatic carbocycles. The van der Waals surface area contributed by atoms with Gasteiger partial charge in [0.1, 0.15) is 5.76 Å². The van der Waals surface area contributed by atoms with Crippen LogP contribution in [0.1, 0.15) is 60.9 Å². The Balaban J connectivity index is 1.71. The first-order valence-electron chi connectivity index (χ1n) is 9.69. The van der Waals surface area contributed by atoms with Gasteiger partial charge in [-0.1, -0.05) is 0 Å². The molecule has 0 bridgehead atoms. The third kappa shape index (κ3) is 3.83. The summed E-state index contributed by atoms with van der Waals surface area (Å²) in [6, 6.07) is 2.02. The van der Waals surface area contributed by atoms with Crippen molar-refractivity contribution < 1.29 is 17.6 Å². The number of piperidine rings is 2. The van der Waals surface area contributed by atoms with Crippen molar-refractivity contribution in [2.45, 2.75) is 58.9 Å². The van der Waals surface area contributed by atoms with Gasteiger partial charge in [-0.05, 0) is 70.4 Å². The SMILES string of the molecule is CCS(=O)(=O)N1CCC(C2CCCCN2C(=O)c2cc(C)c(C)o2)CC1. The second-order valence-electron chi connectivity index (χ2n) is 7.55. The molecular weight excluding hydrogens is 352 g/mol. The largest absolute Gasteiger partial charge is 0.456 e. The highest BCUT2D eigenvalue weighted by Gasteiger charge is 2.37. The number of rotatable bonds is 4. The molecule has 146 valence electrons. The number of aryl methyl sites for hydroxylation is 2. The van der Waals surface area contributed by atoms with E-state index in [0.29, 0.717) is 24.8 Å². The van der Waals surface area contributed by atoms with Gasteiger partial charge in [0.15, 0.2) is 5.76 Å². The average Bonchev–Trinajstić information content (AvgIpc) is 3.00. The highest BCUT2D eigenvalue weighted by molar-refractivity contribution is 7.89. The lowest BCUT2D eigenvalue weighted by Gasteiger charge is -2.43. The molecule has 1 atom stereocenters. The molecule has 2 saturated heterocycles. The van der Waals surface area contributed by atoms with Crippen molar-refractivity contribution >= 4 is 15.9 Å². The lowest BCUT2D eigenvalue weighted by atomic mass is 9.84. The van der Waals surface area contributed by atoms with Crippen LogP contribution in [0, 0.1) is 19.8 Å². The van der Waals surface area contributed by atoms with Gasteiger partial charge in [0.05, 0.1) is 5.75 Å². The first kappa shape index (κ1) is 19.4. The van der Waals surface area contributed by atoms with Gasteiger partial charge in [-0.2, -0.15) is 0 Å². The van der Waals surface area contributed by atoms with Crippen LogP contribution in [0.3, 0.4) is 0 Å². The predicted octanol–water partition coefficient (Wildman–Crippen LogP) is 2.95. The van der Waals surface area contributed by atoms with Gasteiger partial charge >= 0.3 is 0 Å². The second kappa shape index (κ2) is 7.72. The van der Waals surface area contributed by atoms with Crippen molar-refractivity contribution in [3.05, 3.63) is 23.2 Å². The Morgan fingerprint density at radius 2 is 1.85 bits per heavy atom. The van der Waals surface area contributed by atoms with E-state index in [4.69, 9.17) is 4.42 Å². The van der Waals surface area contributed by atoms with E-state index in [2.05, 4.69) is 0 Å². The normalized spacial score (nSPS) is 23.3. The Morgan fingerprint density at radius 1 is 1.15 bits per heavy atom. The smallest absolute Gasteiger partial charge is 0.289 e. The minimum atomic E-state index is -3.11. The monoisotopic (exact) mass is 382 g/mol. The van der Waals surface area contributed by atoms with Crippen molar-refractivity contribution in [2.24, 2.45) is 5.92 Å². The molecule has 3 heterocycles. The molecule has 0 radical (unpaired) electrons. The Hall–Kier alpha value is -1.34. The minimum absolute atomic E-state index is 0.0190. The number of amides is 1. The van der Waals surface area contributed by atoms with Crippen LogP contribution in [0.15, 0.2) is 10.5 Å². The Kier molecular flexibility index (Phi) is 5.77. The standard InChI is InChI=1S/C19H30N2O4S/c1-4-26(23,24)20-11-8-16(9-12-20)17-7-5-6-10-21(17)19(22)18-13-14(2)15(3)25-18/h13,16-17H,4-12H2,1-3H3. The number of likely N-dealkylation sites (tertiary alicyclic amines) is 1. The molecule has 0 spiro atoms. The van der Waals surface area contributed by atoms with Crippen molar-refractivity contribution in [1.82, 2.24) is 9.21 Å². The van der Waals surface area contributed by atoms with E-state index in [0.717, 1.165) is 50.0 Å². The van der Waals surface area contributed by atoms with E-state index in [1.165, 1.54) is 0 Å². The summed E-state index contributed by atoms with van der Waals surface area (Å²) in [6.07, 6.45) is 4.78.